The molecule has 116 valence electrons. The van der Waals surface area contributed by atoms with Gasteiger partial charge in [0.1, 0.15) is 11.6 Å². The number of carbonyl (C=O) groups excluding carboxylic acids is 2. The number of rotatable bonds is 6. The molecule has 2 N–H and O–H groups in total. The Labute approximate surface area is 123 Å². The first-order valence-electron chi connectivity index (χ1n) is 6.80. The number of amides is 2. The van der Waals surface area contributed by atoms with E-state index in [1.54, 1.807) is 11.8 Å². The number of ether oxygens (including phenoxy) is 2. The Morgan fingerprint density at radius 2 is 2.10 bits per heavy atom. The van der Waals surface area contributed by atoms with Crippen molar-refractivity contribution >= 4 is 12.0 Å². The van der Waals surface area contributed by atoms with Gasteiger partial charge in [-0.05, 0) is 6.92 Å². The average Bonchev–Trinajstić information content (AvgIpc) is 2.51. The number of nitriles is 1. The molecule has 21 heavy (non-hydrogen) atoms. The highest BCUT2D eigenvalue weighted by molar-refractivity contribution is 5.97. The molecule has 1 saturated heterocycles. The van der Waals surface area contributed by atoms with Crippen molar-refractivity contribution in [2.75, 3.05) is 46.0 Å². The molecule has 1 rings (SSSR count). The lowest BCUT2D eigenvalue weighted by Gasteiger charge is -2.26. The lowest BCUT2D eigenvalue weighted by Crippen LogP contribution is -2.41. The standard InChI is InChI=1S/C13H20N4O4/c1-2-21-13(19)16-4-3-15-10-11(9-14)12(18)17-5-7-20-8-6-17/h10,15H,2-8H2,1H3,(H,16,19)/b11-10-. The summed E-state index contributed by atoms with van der Waals surface area (Å²) in [5, 5.41) is 14.4. The van der Waals surface area contributed by atoms with Crippen molar-refractivity contribution in [1.29, 1.82) is 5.26 Å². The third-order valence-electron chi connectivity index (χ3n) is 2.71. The van der Waals surface area contributed by atoms with E-state index >= 15 is 0 Å². The molecule has 1 fully saturated rings. The zero-order valence-electron chi connectivity index (χ0n) is 12.1. The molecule has 0 atom stereocenters. The maximum Gasteiger partial charge on any atom is 0.407 e. The Morgan fingerprint density at radius 1 is 1.38 bits per heavy atom. The van der Waals surface area contributed by atoms with Crippen LogP contribution in [0.2, 0.25) is 0 Å². The molecule has 1 aliphatic heterocycles. The van der Waals surface area contributed by atoms with Crippen LogP contribution in [0, 0.1) is 11.3 Å². The van der Waals surface area contributed by atoms with Crippen molar-refractivity contribution in [1.82, 2.24) is 15.5 Å². The van der Waals surface area contributed by atoms with E-state index in [1.165, 1.54) is 6.20 Å². The quantitative estimate of drug-likeness (QED) is 0.392. The summed E-state index contributed by atoms with van der Waals surface area (Å²) in [7, 11) is 0. The van der Waals surface area contributed by atoms with E-state index in [1.807, 2.05) is 6.07 Å². The monoisotopic (exact) mass is 296 g/mol. The topological polar surface area (TPSA) is 104 Å². The molecule has 0 unspecified atom stereocenters. The van der Waals surface area contributed by atoms with Gasteiger partial charge in [-0.25, -0.2) is 4.79 Å². The van der Waals surface area contributed by atoms with Crippen LogP contribution >= 0.6 is 0 Å². The minimum Gasteiger partial charge on any atom is -0.450 e. The van der Waals surface area contributed by atoms with Crippen LogP contribution in [0.3, 0.4) is 0 Å². The molecule has 1 heterocycles. The van der Waals surface area contributed by atoms with Gasteiger partial charge >= 0.3 is 6.09 Å². The van der Waals surface area contributed by atoms with Crippen LogP contribution < -0.4 is 10.6 Å². The zero-order chi connectivity index (χ0) is 15.5. The maximum absolute atomic E-state index is 12.0. The smallest absolute Gasteiger partial charge is 0.407 e. The fourth-order valence-electron chi connectivity index (χ4n) is 1.67. The third-order valence-corrected chi connectivity index (χ3v) is 2.71. The lowest BCUT2D eigenvalue weighted by molar-refractivity contribution is -0.130. The van der Waals surface area contributed by atoms with E-state index in [9.17, 15) is 9.59 Å². The molecule has 0 spiro atoms. The number of hydrogen-bond donors (Lipinski definition) is 2. The van der Waals surface area contributed by atoms with Gasteiger partial charge in [0.2, 0.25) is 0 Å². The predicted molar refractivity (Wildman–Crippen MR) is 74.1 cm³/mol. The van der Waals surface area contributed by atoms with Crippen LogP contribution in [-0.2, 0) is 14.3 Å². The van der Waals surface area contributed by atoms with E-state index < -0.39 is 6.09 Å². The summed E-state index contributed by atoms with van der Waals surface area (Å²) in [6, 6.07) is 1.87. The largest absolute Gasteiger partial charge is 0.450 e. The molecular formula is C13H20N4O4. The second kappa shape index (κ2) is 9.61. The van der Waals surface area contributed by atoms with Crippen molar-refractivity contribution in [3.63, 3.8) is 0 Å². The summed E-state index contributed by atoms with van der Waals surface area (Å²) in [4.78, 5) is 24.6. The van der Waals surface area contributed by atoms with Crippen molar-refractivity contribution in [2.45, 2.75) is 6.92 Å². The number of alkyl carbamates (subject to hydrolysis) is 1. The van der Waals surface area contributed by atoms with E-state index in [2.05, 4.69) is 10.6 Å². The number of carbonyl (C=O) groups is 2. The molecule has 0 aromatic rings. The Hall–Kier alpha value is -2.27. The van der Waals surface area contributed by atoms with Gasteiger partial charge < -0.3 is 25.0 Å². The molecule has 0 saturated carbocycles. The first-order valence-corrected chi connectivity index (χ1v) is 6.80. The van der Waals surface area contributed by atoms with E-state index in [0.717, 1.165) is 0 Å². The first kappa shape index (κ1) is 16.8. The Bertz CT molecular complexity index is 424. The van der Waals surface area contributed by atoms with Crippen LogP contribution in [-0.4, -0.2) is 62.9 Å². The minimum atomic E-state index is -0.492. The Kier molecular flexibility index (Phi) is 7.68. The van der Waals surface area contributed by atoms with Gasteiger partial charge in [0.05, 0.1) is 19.8 Å². The minimum absolute atomic E-state index is 0.0352. The average molecular weight is 296 g/mol. The molecule has 1 aliphatic rings. The summed E-state index contributed by atoms with van der Waals surface area (Å²) in [5.41, 5.74) is 0.0352. The van der Waals surface area contributed by atoms with Gasteiger partial charge in [-0.2, -0.15) is 5.26 Å². The maximum atomic E-state index is 12.0. The molecule has 2 amide bonds. The first-order chi connectivity index (χ1) is 10.2. The number of morpholine rings is 1. The van der Waals surface area contributed by atoms with E-state index in [4.69, 9.17) is 14.7 Å². The van der Waals surface area contributed by atoms with Crippen LogP contribution in [0.25, 0.3) is 0 Å². The van der Waals surface area contributed by atoms with Gasteiger partial charge in [0, 0.05) is 32.4 Å². The fraction of sp³-hybridized carbons (Fsp3) is 0.615. The van der Waals surface area contributed by atoms with Gasteiger partial charge in [0.25, 0.3) is 5.91 Å². The van der Waals surface area contributed by atoms with Crippen LogP contribution in [0.1, 0.15) is 6.92 Å². The van der Waals surface area contributed by atoms with Crippen LogP contribution in [0.15, 0.2) is 11.8 Å². The molecular weight excluding hydrogens is 276 g/mol. The van der Waals surface area contributed by atoms with Gasteiger partial charge in [-0.3, -0.25) is 4.79 Å². The van der Waals surface area contributed by atoms with Crippen LogP contribution in [0.4, 0.5) is 4.79 Å². The lowest BCUT2D eigenvalue weighted by atomic mass is 10.2. The second-order valence-electron chi connectivity index (χ2n) is 4.18. The molecule has 0 aromatic heterocycles. The van der Waals surface area contributed by atoms with Crippen molar-refractivity contribution < 1.29 is 19.1 Å². The summed E-state index contributed by atoms with van der Waals surface area (Å²) in [6.07, 6.45) is 0.873. The predicted octanol–water partition coefficient (Wildman–Crippen LogP) is -0.412. The van der Waals surface area contributed by atoms with Gasteiger partial charge in [0.15, 0.2) is 0 Å². The highest BCUT2D eigenvalue weighted by atomic mass is 16.5. The SMILES string of the molecule is CCOC(=O)NCCN/C=C(/C#N)C(=O)N1CCOCC1. The van der Waals surface area contributed by atoms with Crippen molar-refractivity contribution in [3.05, 3.63) is 11.8 Å². The van der Waals surface area contributed by atoms with Crippen LogP contribution in [0.5, 0.6) is 0 Å². The summed E-state index contributed by atoms with van der Waals surface area (Å²) >= 11 is 0. The normalized spacial score (nSPS) is 15.0. The number of nitrogens with zero attached hydrogens (tertiary/aromatic N) is 2. The number of hydrogen-bond acceptors (Lipinski definition) is 6. The second-order valence-corrected chi connectivity index (χ2v) is 4.18. The summed E-state index contributed by atoms with van der Waals surface area (Å²) < 4.78 is 9.84. The summed E-state index contributed by atoms with van der Waals surface area (Å²) in [5.74, 6) is -0.313. The molecule has 0 bridgehead atoms. The Balaban J connectivity index is 2.33. The van der Waals surface area contributed by atoms with Gasteiger partial charge in [-0.1, -0.05) is 0 Å². The third kappa shape index (κ3) is 6.14. The van der Waals surface area contributed by atoms with E-state index in [-0.39, 0.29) is 11.5 Å². The van der Waals surface area contributed by atoms with E-state index in [0.29, 0.717) is 46.0 Å². The molecule has 0 radical (unpaired) electrons. The Morgan fingerprint density at radius 3 is 2.71 bits per heavy atom. The molecule has 8 nitrogen and oxygen atoms in total. The molecule has 0 aromatic carbocycles. The zero-order valence-corrected chi connectivity index (χ0v) is 12.1. The van der Waals surface area contributed by atoms with Gasteiger partial charge in [-0.15, -0.1) is 0 Å². The van der Waals surface area contributed by atoms with Crippen molar-refractivity contribution in [2.24, 2.45) is 0 Å². The summed E-state index contributed by atoms with van der Waals surface area (Å²) in [6.45, 7) is 4.70. The molecule has 0 aliphatic carbocycles. The fourth-order valence-corrected chi connectivity index (χ4v) is 1.67. The highest BCUT2D eigenvalue weighted by Crippen LogP contribution is 2.03. The highest BCUT2D eigenvalue weighted by Gasteiger charge is 2.20. The van der Waals surface area contributed by atoms with Crippen molar-refractivity contribution in [3.8, 4) is 6.07 Å². The molecule has 8 heteroatoms. The number of nitrogens with one attached hydrogen (secondary N) is 2.